The van der Waals surface area contributed by atoms with E-state index in [1.165, 1.54) is 61.6 Å². The van der Waals surface area contributed by atoms with Crippen LogP contribution in [0.15, 0.2) is 72.8 Å². The van der Waals surface area contributed by atoms with Gasteiger partial charge in [-0.3, -0.25) is 4.79 Å². The lowest BCUT2D eigenvalue weighted by atomic mass is 9.67. The molecule has 2 aromatic rings. The van der Waals surface area contributed by atoms with Gasteiger partial charge in [0.15, 0.2) is 0 Å². The molecular weight excluding hydrogens is 596 g/mol. The van der Waals surface area contributed by atoms with Crippen LogP contribution in [0.25, 0.3) is 0 Å². The third kappa shape index (κ3) is 15.2. The fourth-order valence-electron chi connectivity index (χ4n) is 5.63. The number of hydrogen-bond acceptors (Lipinski definition) is 8. The second-order valence-electron chi connectivity index (χ2n) is 12.8. The zero-order valence-electron chi connectivity index (χ0n) is 28.7. The highest BCUT2D eigenvalue weighted by Gasteiger charge is 2.33. The number of carbonyl (C=O) groups is 2. The average molecular weight is 653 g/mol. The quantitative estimate of drug-likeness (QED) is 0.0928. The summed E-state index contributed by atoms with van der Waals surface area (Å²) in [5.41, 5.74) is 3.73. The first kappa shape index (κ1) is 39.6. The molecule has 1 fully saturated rings. The number of esters is 1. The maximum atomic E-state index is 11.6. The highest BCUT2D eigenvalue weighted by molar-refractivity contribution is 5.86. The Labute approximate surface area is 281 Å². The van der Waals surface area contributed by atoms with E-state index < -0.39 is 18.2 Å². The first-order valence-corrected chi connectivity index (χ1v) is 16.9. The minimum Gasteiger partial charge on any atom is -0.491 e. The summed E-state index contributed by atoms with van der Waals surface area (Å²) >= 11 is 0. The van der Waals surface area contributed by atoms with Crippen LogP contribution in [-0.2, 0) is 24.5 Å². The average Bonchev–Trinajstić information content (AvgIpc) is 3.05. The molecular formula is C39H56O8. The van der Waals surface area contributed by atoms with E-state index in [0.717, 1.165) is 25.7 Å². The molecule has 1 saturated carbocycles. The van der Waals surface area contributed by atoms with Gasteiger partial charge in [0.05, 0.1) is 0 Å². The number of carbonyl (C=O) groups excluding carboxylic acids is 2. The first-order chi connectivity index (χ1) is 22.6. The summed E-state index contributed by atoms with van der Waals surface area (Å²) in [6.07, 6.45) is 11.3. The Morgan fingerprint density at radius 1 is 0.702 bits per heavy atom. The summed E-state index contributed by atoms with van der Waals surface area (Å²) in [6.45, 7) is 12.7. The minimum atomic E-state index is -0.944. The monoisotopic (exact) mass is 652 g/mol. The van der Waals surface area contributed by atoms with Crippen LogP contribution in [0.1, 0.15) is 103 Å². The fourth-order valence-corrected chi connectivity index (χ4v) is 5.63. The number of aliphatic hydroxyl groups is 2. The van der Waals surface area contributed by atoms with Crippen molar-refractivity contribution in [2.45, 2.75) is 109 Å². The molecule has 2 atom stereocenters. The predicted octanol–water partition coefficient (Wildman–Crippen LogP) is 7.63. The van der Waals surface area contributed by atoms with Crippen molar-refractivity contribution in [1.82, 2.24) is 0 Å². The van der Waals surface area contributed by atoms with E-state index in [4.69, 9.17) is 14.2 Å². The van der Waals surface area contributed by atoms with Gasteiger partial charge in [0.25, 0.3) is 6.47 Å². The summed E-state index contributed by atoms with van der Waals surface area (Å²) in [6, 6.07) is 16.3. The molecule has 0 aromatic heterocycles. The van der Waals surface area contributed by atoms with Crippen LogP contribution in [0.4, 0.5) is 0 Å². The number of allylic oxidation sites excluding steroid dienone is 1. The molecule has 0 bridgehead atoms. The summed E-state index contributed by atoms with van der Waals surface area (Å²) < 4.78 is 21.2. The van der Waals surface area contributed by atoms with E-state index in [2.05, 4.69) is 42.2 Å². The molecule has 3 rings (SSSR count). The van der Waals surface area contributed by atoms with E-state index in [1.807, 2.05) is 38.1 Å². The molecule has 0 aliphatic heterocycles. The number of hydrogen-bond donors (Lipinski definition) is 2. The van der Waals surface area contributed by atoms with E-state index >= 15 is 0 Å². The Balaban J connectivity index is 0.00000181. The molecule has 47 heavy (non-hydrogen) atoms. The molecule has 260 valence electrons. The Kier molecular flexibility index (Phi) is 18.6. The lowest BCUT2D eigenvalue weighted by molar-refractivity contribution is -0.142. The van der Waals surface area contributed by atoms with Crippen LogP contribution in [0.5, 0.6) is 11.5 Å². The van der Waals surface area contributed by atoms with E-state index in [9.17, 15) is 19.8 Å². The standard InChI is InChI=1S/C35H48O8.C4H8/c1-27(2)34(39)43-25-31(38)24-42-33-18-14-29(15-19-33)35(20-10-8-6-4-3-5-7-9-11-21-35)28-12-16-32(17-13-28)41-23-30(37)22-40-26-36;1-4(2)3/h12-19,26,30-31,37-38H,1,3-11,20-25H2,2H3;1H2,2-3H3. The van der Waals surface area contributed by atoms with Crippen molar-refractivity contribution in [2.75, 3.05) is 26.4 Å². The molecule has 0 heterocycles. The minimum absolute atomic E-state index is 0.00535. The second kappa shape index (κ2) is 22.0. The topological polar surface area (TPSA) is 112 Å². The normalized spacial score (nSPS) is 16.4. The molecule has 1 aliphatic rings. The van der Waals surface area contributed by atoms with Crippen molar-refractivity contribution in [3.05, 3.63) is 84.0 Å². The lowest BCUT2D eigenvalue weighted by Crippen LogP contribution is -2.28. The Morgan fingerprint density at radius 3 is 1.47 bits per heavy atom. The molecule has 8 nitrogen and oxygen atoms in total. The van der Waals surface area contributed by atoms with Gasteiger partial charge in [-0.1, -0.05) is 94.2 Å². The van der Waals surface area contributed by atoms with E-state index in [0.29, 0.717) is 18.0 Å². The summed E-state index contributed by atoms with van der Waals surface area (Å²) in [5.74, 6) is 0.749. The Morgan fingerprint density at radius 2 is 1.09 bits per heavy atom. The maximum absolute atomic E-state index is 11.6. The van der Waals surface area contributed by atoms with Crippen molar-refractivity contribution < 1.29 is 38.7 Å². The number of aliphatic hydroxyl groups excluding tert-OH is 2. The van der Waals surface area contributed by atoms with Crippen molar-refractivity contribution in [3.63, 3.8) is 0 Å². The van der Waals surface area contributed by atoms with Crippen LogP contribution in [0.2, 0.25) is 0 Å². The summed E-state index contributed by atoms with van der Waals surface area (Å²) in [4.78, 5) is 22.0. The van der Waals surface area contributed by atoms with Gasteiger partial charge < -0.3 is 29.2 Å². The van der Waals surface area contributed by atoms with Gasteiger partial charge in [0.1, 0.15) is 50.1 Å². The van der Waals surface area contributed by atoms with Crippen molar-refractivity contribution in [1.29, 1.82) is 0 Å². The van der Waals surface area contributed by atoms with Gasteiger partial charge in [0.2, 0.25) is 0 Å². The highest BCUT2D eigenvalue weighted by atomic mass is 16.6. The van der Waals surface area contributed by atoms with Crippen molar-refractivity contribution in [2.24, 2.45) is 0 Å². The molecule has 0 saturated heterocycles. The number of rotatable bonds is 14. The first-order valence-electron chi connectivity index (χ1n) is 16.9. The zero-order chi connectivity index (χ0) is 34.5. The third-order valence-corrected chi connectivity index (χ3v) is 8.02. The molecule has 2 aromatic carbocycles. The van der Waals surface area contributed by atoms with E-state index in [1.54, 1.807) is 6.92 Å². The maximum Gasteiger partial charge on any atom is 0.333 e. The third-order valence-electron chi connectivity index (χ3n) is 8.02. The van der Waals surface area contributed by atoms with Crippen LogP contribution in [-0.4, -0.2) is 61.3 Å². The molecule has 2 N–H and O–H groups in total. The molecule has 0 amide bonds. The molecule has 0 radical (unpaired) electrons. The van der Waals surface area contributed by atoms with Crippen LogP contribution in [0.3, 0.4) is 0 Å². The summed E-state index contributed by atoms with van der Waals surface area (Å²) in [5, 5.41) is 20.1. The van der Waals surface area contributed by atoms with E-state index in [-0.39, 0.29) is 37.4 Å². The van der Waals surface area contributed by atoms with Crippen molar-refractivity contribution in [3.8, 4) is 11.5 Å². The lowest BCUT2D eigenvalue weighted by Gasteiger charge is -2.36. The fraction of sp³-hybridized carbons (Fsp3) is 0.538. The predicted molar refractivity (Wildman–Crippen MR) is 186 cm³/mol. The van der Waals surface area contributed by atoms with Gasteiger partial charge in [-0.2, -0.15) is 0 Å². The highest BCUT2D eigenvalue weighted by Crippen LogP contribution is 2.43. The second-order valence-corrected chi connectivity index (χ2v) is 12.8. The Bertz CT molecular complexity index is 1190. The number of ether oxygens (including phenoxy) is 4. The molecule has 2 unspecified atom stereocenters. The van der Waals surface area contributed by atoms with Crippen LogP contribution >= 0.6 is 0 Å². The van der Waals surface area contributed by atoms with Crippen LogP contribution < -0.4 is 9.47 Å². The van der Waals surface area contributed by atoms with Gasteiger partial charge in [-0.15, -0.1) is 6.58 Å². The SMILES string of the molecule is C=C(C)C.C=C(C)C(=O)OCC(O)COc1ccc(C2(c3ccc(OCC(O)COC=O)cc3)CCCCCCCCCCC2)cc1. The Hall–Kier alpha value is -3.62. The molecule has 8 heteroatoms. The van der Waals surface area contributed by atoms with Crippen LogP contribution in [0, 0.1) is 0 Å². The number of benzene rings is 2. The van der Waals surface area contributed by atoms with Gasteiger partial charge in [0, 0.05) is 11.0 Å². The van der Waals surface area contributed by atoms with Gasteiger partial charge in [-0.05, 0) is 69.0 Å². The molecule has 0 spiro atoms. The zero-order valence-corrected chi connectivity index (χ0v) is 28.7. The van der Waals surface area contributed by atoms with Gasteiger partial charge in [-0.25, -0.2) is 4.79 Å². The smallest absolute Gasteiger partial charge is 0.333 e. The molecule has 1 aliphatic carbocycles. The van der Waals surface area contributed by atoms with Crippen molar-refractivity contribution >= 4 is 12.4 Å². The largest absolute Gasteiger partial charge is 0.491 e. The summed E-state index contributed by atoms with van der Waals surface area (Å²) in [7, 11) is 0. The van der Waals surface area contributed by atoms with Gasteiger partial charge >= 0.3 is 5.97 Å².